The smallest absolute Gasteiger partial charge is 0.188 e. The zero-order valence-electron chi connectivity index (χ0n) is 14.1. The molecule has 3 N–H and O–H groups in total. The Morgan fingerprint density at radius 3 is 2.88 bits per heavy atom. The number of nitrogens with one attached hydrogen (secondary N) is 1. The Kier molecular flexibility index (Phi) is 8.18. The maximum absolute atomic E-state index is 13.9. The molecule has 0 amide bonds. The maximum atomic E-state index is 13.9. The topological polar surface area (TPSA) is 62.9 Å². The molecule has 0 radical (unpaired) electrons. The summed E-state index contributed by atoms with van der Waals surface area (Å²) in [6.07, 6.45) is 1.79. The van der Waals surface area contributed by atoms with Crippen LogP contribution >= 0.6 is 35.6 Å². The van der Waals surface area contributed by atoms with E-state index >= 15 is 0 Å². The second-order valence-corrected chi connectivity index (χ2v) is 6.71. The van der Waals surface area contributed by atoms with Gasteiger partial charge in [-0.3, -0.25) is 9.89 Å². The predicted octanol–water partition coefficient (Wildman–Crippen LogP) is 2.58. The highest BCUT2D eigenvalue weighted by Crippen LogP contribution is 2.44. The van der Waals surface area contributed by atoms with Crippen LogP contribution in [0.5, 0.6) is 0 Å². The minimum absolute atomic E-state index is 0. The lowest BCUT2D eigenvalue weighted by molar-refractivity contribution is 0.0377. The van der Waals surface area contributed by atoms with Crippen molar-refractivity contribution >= 4 is 41.5 Å². The van der Waals surface area contributed by atoms with E-state index in [1.165, 1.54) is 6.07 Å². The third kappa shape index (κ3) is 5.94. The van der Waals surface area contributed by atoms with Crippen LogP contribution in [0.4, 0.5) is 4.39 Å². The minimum atomic E-state index is -0.252. The molecule has 0 bridgehead atoms. The van der Waals surface area contributed by atoms with E-state index < -0.39 is 0 Å². The normalized spacial score (nSPS) is 23.8. The molecule has 0 spiro atoms. The average molecular weight is 483 g/mol. The van der Waals surface area contributed by atoms with Crippen LogP contribution in [0, 0.1) is 5.82 Å². The molecular weight excluding hydrogens is 458 g/mol. The first-order chi connectivity index (χ1) is 11.6. The molecule has 0 aromatic heterocycles. The fraction of sp³-hybridized carbons (Fsp3) is 0.588. The maximum Gasteiger partial charge on any atom is 0.188 e. The van der Waals surface area contributed by atoms with E-state index in [1.54, 1.807) is 12.1 Å². The van der Waals surface area contributed by atoms with Gasteiger partial charge in [-0.25, -0.2) is 4.39 Å². The van der Waals surface area contributed by atoms with E-state index in [0.29, 0.717) is 23.1 Å². The number of halogens is 3. The molecule has 2 fully saturated rings. The van der Waals surface area contributed by atoms with Crippen LogP contribution in [-0.4, -0.2) is 56.3 Å². The van der Waals surface area contributed by atoms with Gasteiger partial charge in [0.25, 0.3) is 0 Å². The van der Waals surface area contributed by atoms with Crippen molar-refractivity contribution < 1.29 is 9.13 Å². The highest BCUT2D eigenvalue weighted by atomic mass is 127. The van der Waals surface area contributed by atoms with Crippen LogP contribution in [0.1, 0.15) is 24.3 Å². The Morgan fingerprint density at radius 1 is 1.40 bits per heavy atom. The van der Waals surface area contributed by atoms with Crippen LogP contribution in [-0.2, 0) is 4.74 Å². The van der Waals surface area contributed by atoms with Gasteiger partial charge in [0.15, 0.2) is 5.96 Å². The van der Waals surface area contributed by atoms with E-state index in [1.807, 2.05) is 0 Å². The Labute approximate surface area is 170 Å². The highest BCUT2D eigenvalue weighted by Gasteiger charge is 2.41. The van der Waals surface area contributed by atoms with Crippen molar-refractivity contribution in [2.24, 2.45) is 10.7 Å². The molecule has 140 valence electrons. The van der Waals surface area contributed by atoms with E-state index in [4.69, 9.17) is 22.1 Å². The summed E-state index contributed by atoms with van der Waals surface area (Å²) in [6.45, 7) is 5.31. The van der Waals surface area contributed by atoms with Gasteiger partial charge in [-0.15, -0.1) is 24.0 Å². The quantitative estimate of drug-likeness (QED) is 0.283. The first-order valence-corrected chi connectivity index (χ1v) is 8.83. The highest BCUT2D eigenvalue weighted by molar-refractivity contribution is 14.0. The standard InChI is InChI=1S/C17H24ClFN4O.HI/c18-13-3-1-4-14(19)16(13)12-11-15(12)22-17(20)21-5-2-6-23-7-9-24-10-8-23;/h1,3-4,12,15H,2,5-11H2,(H3,20,21,22);1H. The number of rotatable bonds is 6. The lowest BCUT2D eigenvalue weighted by Crippen LogP contribution is -2.37. The average Bonchev–Trinajstić information content (AvgIpc) is 3.31. The van der Waals surface area contributed by atoms with Crippen molar-refractivity contribution in [2.45, 2.75) is 24.8 Å². The molecule has 2 unspecified atom stereocenters. The van der Waals surface area contributed by atoms with Crippen molar-refractivity contribution in [3.05, 3.63) is 34.6 Å². The van der Waals surface area contributed by atoms with E-state index in [2.05, 4.69) is 15.2 Å². The van der Waals surface area contributed by atoms with E-state index in [0.717, 1.165) is 45.7 Å². The Balaban J connectivity index is 0.00000225. The van der Waals surface area contributed by atoms with Crippen molar-refractivity contribution in [1.29, 1.82) is 0 Å². The van der Waals surface area contributed by atoms with Gasteiger partial charge >= 0.3 is 0 Å². The van der Waals surface area contributed by atoms with Crippen LogP contribution < -0.4 is 11.1 Å². The lowest BCUT2D eigenvalue weighted by Gasteiger charge is -2.26. The molecule has 3 rings (SSSR count). The number of ether oxygens (including phenoxy) is 1. The molecular formula is C17H25ClFIN4O. The number of nitrogens with two attached hydrogens (primary N) is 1. The van der Waals surface area contributed by atoms with E-state index in [9.17, 15) is 4.39 Å². The summed E-state index contributed by atoms with van der Waals surface area (Å²) >= 11 is 6.10. The number of benzene rings is 1. The number of hydrogen-bond acceptors (Lipinski definition) is 3. The lowest BCUT2D eigenvalue weighted by atomic mass is 10.1. The summed E-state index contributed by atoms with van der Waals surface area (Å²) in [5.41, 5.74) is 6.51. The molecule has 1 saturated carbocycles. The first-order valence-electron chi connectivity index (χ1n) is 8.45. The molecule has 1 saturated heterocycles. The van der Waals surface area contributed by atoms with Crippen LogP contribution in [0.3, 0.4) is 0 Å². The Hall–Kier alpha value is -0.640. The zero-order chi connectivity index (χ0) is 16.9. The molecule has 1 aliphatic carbocycles. The van der Waals surface area contributed by atoms with Gasteiger partial charge in [0.1, 0.15) is 5.82 Å². The van der Waals surface area contributed by atoms with Gasteiger partial charge in [0, 0.05) is 48.7 Å². The molecule has 1 aromatic carbocycles. The molecule has 5 nitrogen and oxygen atoms in total. The van der Waals surface area contributed by atoms with Crippen molar-refractivity contribution in [3.63, 3.8) is 0 Å². The summed E-state index contributed by atoms with van der Waals surface area (Å²) in [5, 5.41) is 3.64. The zero-order valence-corrected chi connectivity index (χ0v) is 17.2. The summed E-state index contributed by atoms with van der Waals surface area (Å²) in [5.74, 6) is 0.246. The summed E-state index contributed by atoms with van der Waals surface area (Å²) < 4.78 is 19.2. The van der Waals surface area contributed by atoms with Gasteiger partial charge < -0.3 is 15.8 Å². The van der Waals surface area contributed by atoms with Gasteiger partial charge in [-0.05, 0) is 25.0 Å². The molecule has 2 atom stereocenters. The fourth-order valence-electron chi connectivity index (χ4n) is 3.09. The third-order valence-electron chi connectivity index (χ3n) is 4.51. The summed E-state index contributed by atoms with van der Waals surface area (Å²) in [7, 11) is 0. The van der Waals surface area contributed by atoms with E-state index in [-0.39, 0.29) is 41.8 Å². The molecule has 2 aliphatic rings. The van der Waals surface area contributed by atoms with Gasteiger partial charge in [-0.2, -0.15) is 0 Å². The molecule has 8 heteroatoms. The van der Waals surface area contributed by atoms with Crippen LogP contribution in [0.2, 0.25) is 5.02 Å². The van der Waals surface area contributed by atoms with Crippen molar-refractivity contribution in [2.75, 3.05) is 39.4 Å². The summed E-state index contributed by atoms with van der Waals surface area (Å²) in [4.78, 5) is 6.74. The van der Waals surface area contributed by atoms with Crippen molar-refractivity contribution in [1.82, 2.24) is 10.2 Å². The number of morpholine rings is 1. The second kappa shape index (κ2) is 9.89. The van der Waals surface area contributed by atoms with Crippen LogP contribution in [0.25, 0.3) is 0 Å². The number of guanidine groups is 1. The fourth-order valence-corrected chi connectivity index (χ4v) is 3.40. The van der Waals surface area contributed by atoms with Crippen molar-refractivity contribution in [3.8, 4) is 0 Å². The Bertz CT molecular complexity index is 578. The molecule has 1 heterocycles. The largest absolute Gasteiger partial charge is 0.379 e. The molecule has 1 aromatic rings. The van der Waals surface area contributed by atoms with Gasteiger partial charge in [0.2, 0.25) is 0 Å². The molecule has 25 heavy (non-hydrogen) atoms. The number of nitrogens with zero attached hydrogens (tertiary/aromatic N) is 2. The first kappa shape index (κ1) is 20.7. The van der Waals surface area contributed by atoms with Crippen LogP contribution in [0.15, 0.2) is 23.2 Å². The molecule has 1 aliphatic heterocycles. The third-order valence-corrected chi connectivity index (χ3v) is 4.84. The number of hydrogen-bond donors (Lipinski definition) is 2. The van der Waals surface area contributed by atoms with Gasteiger partial charge in [0.05, 0.1) is 13.2 Å². The SMILES string of the molecule is I.NC(=NCCCN1CCOCC1)NC1CC1c1c(F)cccc1Cl. The monoisotopic (exact) mass is 482 g/mol. The second-order valence-electron chi connectivity index (χ2n) is 6.30. The minimum Gasteiger partial charge on any atom is -0.379 e. The Morgan fingerprint density at radius 2 is 2.16 bits per heavy atom. The summed E-state index contributed by atoms with van der Waals surface area (Å²) in [6, 6.07) is 4.90. The predicted molar refractivity (Wildman–Crippen MR) is 109 cm³/mol. The van der Waals surface area contributed by atoms with Gasteiger partial charge in [-0.1, -0.05) is 17.7 Å². The number of aliphatic imine (C=N–C) groups is 1.